The van der Waals surface area contributed by atoms with Gasteiger partial charge in [0.05, 0.1) is 16.5 Å². The molecule has 8 nitrogen and oxygen atoms in total. The van der Waals surface area contributed by atoms with Gasteiger partial charge in [-0.3, -0.25) is 14.3 Å². The van der Waals surface area contributed by atoms with Crippen molar-refractivity contribution >= 4 is 33.2 Å². The predicted molar refractivity (Wildman–Crippen MR) is 109 cm³/mol. The fraction of sp³-hybridized carbons (Fsp3) is 0.350. The molecule has 1 aromatic heterocycles. The number of pyridine rings is 1. The van der Waals surface area contributed by atoms with E-state index < -0.39 is 43.9 Å². The van der Waals surface area contributed by atoms with E-state index in [9.17, 15) is 26.8 Å². The molecule has 3 rings (SSSR count). The lowest BCUT2D eigenvalue weighted by molar-refractivity contribution is -0.114. The van der Waals surface area contributed by atoms with E-state index in [2.05, 4.69) is 15.0 Å². The number of carbonyl (C=O) groups excluding carboxylic acids is 2. The molecule has 2 heterocycles. The van der Waals surface area contributed by atoms with E-state index >= 15 is 0 Å². The van der Waals surface area contributed by atoms with Crippen molar-refractivity contribution < 1.29 is 31.5 Å². The Morgan fingerprint density at radius 2 is 1.87 bits per heavy atom. The van der Waals surface area contributed by atoms with Crippen molar-refractivity contribution in [2.45, 2.75) is 31.4 Å². The average Bonchev–Trinajstić information content (AvgIpc) is 2.72. The first-order valence-corrected chi connectivity index (χ1v) is 11.0. The standard InChI is InChI=1S/C20H21F2N3O5S/c1-12(26)24-18-5-2-13(11-23-18)10-17(27)19-15(21)3-4-16(20(19)22)25-31(28,29)14-6-8-30-9-7-14/h2-5,11,14,25H,6-10H2,1H3,(H,23,24,26). The lowest BCUT2D eigenvalue weighted by Gasteiger charge is -2.23. The van der Waals surface area contributed by atoms with E-state index in [4.69, 9.17) is 4.74 Å². The molecule has 1 aromatic carbocycles. The summed E-state index contributed by atoms with van der Waals surface area (Å²) in [6.07, 6.45) is 1.45. The highest BCUT2D eigenvalue weighted by molar-refractivity contribution is 7.93. The number of ketones is 1. The van der Waals surface area contributed by atoms with Crippen LogP contribution < -0.4 is 10.0 Å². The summed E-state index contributed by atoms with van der Waals surface area (Å²) in [4.78, 5) is 27.5. The third kappa shape index (κ3) is 5.61. The summed E-state index contributed by atoms with van der Waals surface area (Å²) in [6.45, 7) is 1.86. The minimum atomic E-state index is -3.94. The fourth-order valence-electron chi connectivity index (χ4n) is 3.17. The molecule has 0 atom stereocenters. The van der Waals surface area contributed by atoms with Gasteiger partial charge in [-0.15, -0.1) is 0 Å². The molecule has 1 saturated heterocycles. The number of ether oxygens (including phenoxy) is 1. The van der Waals surface area contributed by atoms with Crippen LogP contribution in [-0.2, 0) is 26.0 Å². The van der Waals surface area contributed by atoms with Crippen LogP contribution in [0.15, 0.2) is 30.5 Å². The quantitative estimate of drug-likeness (QED) is 0.623. The highest BCUT2D eigenvalue weighted by Crippen LogP contribution is 2.26. The highest BCUT2D eigenvalue weighted by Gasteiger charge is 2.30. The zero-order valence-electron chi connectivity index (χ0n) is 16.7. The number of benzene rings is 1. The number of carbonyl (C=O) groups is 2. The van der Waals surface area contributed by atoms with Crippen LogP contribution in [0.2, 0.25) is 0 Å². The van der Waals surface area contributed by atoms with Crippen LogP contribution in [0.25, 0.3) is 0 Å². The van der Waals surface area contributed by atoms with Crippen LogP contribution >= 0.6 is 0 Å². The van der Waals surface area contributed by atoms with Crippen LogP contribution in [0.3, 0.4) is 0 Å². The molecular weight excluding hydrogens is 432 g/mol. The molecule has 2 N–H and O–H groups in total. The Kier molecular flexibility index (Phi) is 6.96. The van der Waals surface area contributed by atoms with E-state index in [1.54, 1.807) is 0 Å². The Morgan fingerprint density at radius 1 is 1.16 bits per heavy atom. The maximum Gasteiger partial charge on any atom is 0.235 e. The van der Waals surface area contributed by atoms with E-state index in [0.29, 0.717) is 5.56 Å². The largest absolute Gasteiger partial charge is 0.381 e. The maximum absolute atomic E-state index is 14.9. The molecule has 0 bridgehead atoms. The van der Waals surface area contributed by atoms with Crippen LogP contribution in [-0.4, -0.2) is 43.6 Å². The summed E-state index contributed by atoms with van der Waals surface area (Å²) in [5.74, 6) is -3.30. The number of anilines is 2. The monoisotopic (exact) mass is 453 g/mol. The van der Waals surface area contributed by atoms with Crippen LogP contribution in [0.4, 0.5) is 20.3 Å². The number of Topliss-reactive ketones (excluding diaryl/α,β-unsaturated/α-hetero) is 1. The maximum atomic E-state index is 14.9. The highest BCUT2D eigenvalue weighted by atomic mass is 32.2. The van der Waals surface area contributed by atoms with Gasteiger partial charge in [-0.25, -0.2) is 22.2 Å². The smallest absolute Gasteiger partial charge is 0.235 e. The van der Waals surface area contributed by atoms with Gasteiger partial charge in [-0.1, -0.05) is 6.07 Å². The van der Waals surface area contributed by atoms with Gasteiger partial charge in [0.1, 0.15) is 11.6 Å². The number of halogens is 2. The normalized spacial score (nSPS) is 14.8. The van der Waals surface area contributed by atoms with Gasteiger partial charge in [0, 0.05) is 32.8 Å². The van der Waals surface area contributed by atoms with E-state index in [0.717, 1.165) is 12.1 Å². The Bertz CT molecular complexity index is 1080. The Labute approximate surface area is 178 Å². The second-order valence-corrected chi connectivity index (χ2v) is 9.04. The average molecular weight is 453 g/mol. The molecule has 0 unspecified atom stereocenters. The van der Waals surface area contributed by atoms with Crippen molar-refractivity contribution in [2.24, 2.45) is 0 Å². The number of rotatable bonds is 7. The lowest BCUT2D eigenvalue weighted by atomic mass is 10.0. The van der Waals surface area contributed by atoms with Gasteiger partial charge in [-0.2, -0.15) is 0 Å². The zero-order valence-corrected chi connectivity index (χ0v) is 17.5. The zero-order chi connectivity index (χ0) is 22.6. The molecule has 31 heavy (non-hydrogen) atoms. The number of amides is 1. The van der Waals surface area contributed by atoms with Crippen molar-refractivity contribution in [3.63, 3.8) is 0 Å². The molecule has 0 aliphatic carbocycles. The molecule has 11 heteroatoms. The number of sulfonamides is 1. The van der Waals surface area contributed by atoms with Gasteiger partial charge in [-0.05, 0) is 36.6 Å². The second kappa shape index (κ2) is 9.48. The van der Waals surface area contributed by atoms with E-state index in [1.807, 2.05) is 0 Å². The molecule has 2 aromatic rings. The van der Waals surface area contributed by atoms with Crippen molar-refractivity contribution in [3.05, 3.63) is 53.2 Å². The molecule has 1 aliphatic rings. The molecular formula is C20H21F2N3O5S. The van der Waals surface area contributed by atoms with Crippen LogP contribution in [0, 0.1) is 11.6 Å². The summed E-state index contributed by atoms with van der Waals surface area (Å²) in [5, 5.41) is 1.70. The minimum absolute atomic E-state index is 0.255. The Hall–Kier alpha value is -2.92. The number of nitrogens with one attached hydrogen (secondary N) is 2. The summed E-state index contributed by atoms with van der Waals surface area (Å²) in [5.41, 5.74) is -0.959. The number of nitrogens with zero attached hydrogens (tertiary/aromatic N) is 1. The Morgan fingerprint density at radius 3 is 2.48 bits per heavy atom. The molecule has 0 spiro atoms. The number of aromatic nitrogens is 1. The van der Waals surface area contributed by atoms with Gasteiger partial charge >= 0.3 is 0 Å². The van der Waals surface area contributed by atoms with E-state index in [1.165, 1.54) is 25.3 Å². The molecule has 1 aliphatic heterocycles. The third-order valence-electron chi connectivity index (χ3n) is 4.72. The summed E-state index contributed by atoms with van der Waals surface area (Å²) in [7, 11) is -3.94. The topological polar surface area (TPSA) is 114 Å². The van der Waals surface area contributed by atoms with Crippen molar-refractivity contribution in [2.75, 3.05) is 23.3 Å². The molecule has 1 amide bonds. The lowest BCUT2D eigenvalue weighted by Crippen LogP contribution is -2.33. The van der Waals surface area contributed by atoms with Gasteiger partial charge in [0.25, 0.3) is 0 Å². The van der Waals surface area contributed by atoms with Gasteiger partial charge in [0.15, 0.2) is 11.6 Å². The van der Waals surface area contributed by atoms with Crippen molar-refractivity contribution in [3.8, 4) is 0 Å². The molecule has 0 radical (unpaired) electrons. The number of hydrogen-bond donors (Lipinski definition) is 2. The van der Waals surface area contributed by atoms with Crippen LogP contribution in [0.5, 0.6) is 0 Å². The molecule has 0 saturated carbocycles. The van der Waals surface area contributed by atoms with Crippen molar-refractivity contribution in [1.29, 1.82) is 0 Å². The minimum Gasteiger partial charge on any atom is -0.381 e. The third-order valence-corrected chi connectivity index (χ3v) is 6.58. The SMILES string of the molecule is CC(=O)Nc1ccc(CC(=O)c2c(F)ccc(NS(=O)(=O)C3CCOCC3)c2F)cn1. The first kappa shape index (κ1) is 22.8. The van der Waals surface area contributed by atoms with Crippen LogP contribution in [0.1, 0.15) is 35.7 Å². The summed E-state index contributed by atoms with van der Waals surface area (Å²) < 4.78 is 61.5. The molecule has 1 fully saturated rings. The first-order chi connectivity index (χ1) is 14.7. The van der Waals surface area contributed by atoms with Crippen molar-refractivity contribution in [1.82, 2.24) is 4.98 Å². The summed E-state index contributed by atoms with van der Waals surface area (Å²) in [6, 6.07) is 4.73. The van der Waals surface area contributed by atoms with Gasteiger partial charge < -0.3 is 10.1 Å². The first-order valence-electron chi connectivity index (χ1n) is 9.50. The predicted octanol–water partition coefficient (Wildman–Crippen LogP) is 2.66. The Balaban J connectivity index is 1.79. The fourth-order valence-corrected chi connectivity index (χ4v) is 4.61. The second-order valence-electron chi connectivity index (χ2n) is 7.08. The van der Waals surface area contributed by atoms with E-state index in [-0.39, 0.29) is 44.2 Å². The van der Waals surface area contributed by atoms with Gasteiger partial charge in [0.2, 0.25) is 15.9 Å². The summed E-state index contributed by atoms with van der Waals surface area (Å²) >= 11 is 0. The number of hydrogen-bond acceptors (Lipinski definition) is 6. The molecule has 166 valence electrons.